The molecule has 38 heavy (non-hydrogen) atoms. The first kappa shape index (κ1) is 25.7. The van der Waals surface area contributed by atoms with E-state index in [0.29, 0.717) is 24.3 Å². The molecule has 1 saturated heterocycles. The van der Waals surface area contributed by atoms with Gasteiger partial charge in [0.15, 0.2) is 0 Å². The Labute approximate surface area is 223 Å². The third-order valence-electron chi connectivity index (χ3n) is 7.18. The average Bonchev–Trinajstić information content (AvgIpc) is 3.41. The molecule has 0 unspecified atom stereocenters. The Morgan fingerprint density at radius 2 is 1.82 bits per heavy atom. The van der Waals surface area contributed by atoms with E-state index in [2.05, 4.69) is 28.3 Å². The number of piperidine rings is 1. The number of nitrogens with one attached hydrogen (secondary N) is 2. The van der Waals surface area contributed by atoms with Crippen molar-refractivity contribution in [2.75, 3.05) is 18.4 Å². The monoisotopic (exact) mass is 525 g/mol. The van der Waals surface area contributed by atoms with Crippen LogP contribution < -0.4 is 5.32 Å². The van der Waals surface area contributed by atoms with Gasteiger partial charge in [0.05, 0.1) is 17.0 Å². The molecule has 0 spiro atoms. The molecule has 0 amide bonds. The molecule has 8 heteroatoms. The molecule has 0 aliphatic carbocycles. The summed E-state index contributed by atoms with van der Waals surface area (Å²) in [4.78, 5) is 7.67. The zero-order chi connectivity index (χ0) is 26.7. The van der Waals surface area contributed by atoms with E-state index in [1.54, 1.807) is 10.5 Å². The number of benzene rings is 2. The van der Waals surface area contributed by atoms with Crippen LogP contribution in [0.15, 0.2) is 54.9 Å². The quantitative estimate of drug-likeness (QED) is 0.296. The summed E-state index contributed by atoms with van der Waals surface area (Å²) in [5.74, 6) is 0.0170. The van der Waals surface area contributed by atoms with Crippen LogP contribution in [0.1, 0.15) is 52.8 Å². The number of hydrogen-bond acceptors (Lipinski definition) is 5. The van der Waals surface area contributed by atoms with Gasteiger partial charge in [-0.2, -0.15) is 5.26 Å². The molecule has 2 aromatic carbocycles. The van der Waals surface area contributed by atoms with Gasteiger partial charge in [-0.15, -0.1) is 0 Å². The maximum absolute atomic E-state index is 12.8. The Morgan fingerprint density at radius 3 is 2.55 bits per heavy atom. The number of nitriles is 1. The maximum atomic E-state index is 12.8. The summed E-state index contributed by atoms with van der Waals surface area (Å²) in [5, 5.41) is 14.4. The Kier molecular flexibility index (Phi) is 7.32. The standard InChI is InChI=1S/C30H31N5O2S/c1-21-26-14-15-32-29(26)13-12-28(21)34-30-25(18-31)19-33-22(2)27(30)11-10-23-6-8-24(9-7-23)20-38(36,37)35-16-4-3-5-17-35/h6-15,19,32H,3-5,16-17,20H2,1-2H3,(H,33,34). The lowest BCUT2D eigenvalue weighted by Gasteiger charge is -2.25. The van der Waals surface area contributed by atoms with Crippen LogP contribution in [-0.2, 0) is 15.8 Å². The fraction of sp³-hybridized carbons (Fsp3) is 0.267. The van der Waals surface area contributed by atoms with Crippen molar-refractivity contribution < 1.29 is 8.42 Å². The Hall–Kier alpha value is -3.93. The van der Waals surface area contributed by atoms with Crippen molar-refractivity contribution in [3.05, 3.63) is 88.4 Å². The molecule has 0 atom stereocenters. The number of aryl methyl sites for hydroxylation is 2. The molecule has 5 rings (SSSR count). The lowest BCUT2D eigenvalue weighted by molar-refractivity contribution is 0.346. The van der Waals surface area contributed by atoms with Gasteiger partial charge in [0.2, 0.25) is 10.0 Å². The van der Waals surface area contributed by atoms with E-state index in [1.807, 2.05) is 67.7 Å². The predicted octanol–water partition coefficient (Wildman–Crippen LogP) is 6.28. The molecule has 1 aliphatic rings. The summed E-state index contributed by atoms with van der Waals surface area (Å²) in [5.41, 5.74) is 7.58. The summed E-state index contributed by atoms with van der Waals surface area (Å²) in [7, 11) is -3.30. The topological polar surface area (TPSA) is 102 Å². The average molecular weight is 526 g/mol. The third kappa shape index (κ3) is 5.35. The van der Waals surface area contributed by atoms with E-state index in [0.717, 1.165) is 63.8 Å². The lowest BCUT2D eigenvalue weighted by atomic mass is 10.0. The minimum Gasteiger partial charge on any atom is -0.361 e. The number of hydrogen-bond donors (Lipinski definition) is 2. The van der Waals surface area contributed by atoms with Crippen LogP contribution in [-0.4, -0.2) is 35.8 Å². The first-order chi connectivity index (χ1) is 18.4. The summed E-state index contributed by atoms with van der Waals surface area (Å²) < 4.78 is 27.2. The number of pyridine rings is 1. The van der Waals surface area contributed by atoms with E-state index in [-0.39, 0.29) is 5.75 Å². The zero-order valence-corrected chi connectivity index (χ0v) is 22.5. The van der Waals surface area contributed by atoms with Crippen LogP contribution >= 0.6 is 0 Å². The normalized spacial score (nSPS) is 14.7. The summed E-state index contributed by atoms with van der Waals surface area (Å²) >= 11 is 0. The molecule has 7 nitrogen and oxygen atoms in total. The van der Waals surface area contributed by atoms with Crippen LogP contribution in [0.4, 0.5) is 11.4 Å². The van der Waals surface area contributed by atoms with Gasteiger partial charge >= 0.3 is 0 Å². The third-order valence-corrected chi connectivity index (χ3v) is 9.03. The fourth-order valence-electron chi connectivity index (χ4n) is 4.95. The van der Waals surface area contributed by atoms with Gasteiger partial charge in [-0.3, -0.25) is 4.98 Å². The highest BCUT2D eigenvalue weighted by Gasteiger charge is 2.24. The number of H-pyrrole nitrogens is 1. The molecule has 2 N–H and O–H groups in total. The molecular weight excluding hydrogens is 494 g/mol. The van der Waals surface area contributed by atoms with Gasteiger partial charge in [-0.1, -0.05) is 42.8 Å². The van der Waals surface area contributed by atoms with Crippen molar-refractivity contribution in [3.63, 3.8) is 0 Å². The number of sulfonamides is 1. The van der Waals surface area contributed by atoms with Crippen molar-refractivity contribution in [2.45, 2.75) is 38.9 Å². The second kappa shape index (κ2) is 10.8. The second-order valence-corrected chi connectivity index (χ2v) is 11.7. The molecule has 0 radical (unpaired) electrons. The van der Waals surface area contributed by atoms with Crippen molar-refractivity contribution >= 4 is 44.5 Å². The smallest absolute Gasteiger partial charge is 0.218 e. The maximum Gasteiger partial charge on any atom is 0.218 e. The Balaban J connectivity index is 1.39. The minimum atomic E-state index is -3.30. The van der Waals surface area contributed by atoms with Gasteiger partial charge in [0.1, 0.15) is 6.07 Å². The van der Waals surface area contributed by atoms with E-state index < -0.39 is 10.0 Å². The summed E-state index contributed by atoms with van der Waals surface area (Å²) in [6.45, 7) is 5.21. The van der Waals surface area contributed by atoms with Crippen LogP contribution in [0.25, 0.3) is 23.1 Å². The summed E-state index contributed by atoms with van der Waals surface area (Å²) in [6.07, 6.45) is 10.4. The molecule has 0 saturated carbocycles. The number of fused-ring (bicyclic) bond motifs is 1. The molecular formula is C30H31N5O2S. The Morgan fingerprint density at radius 1 is 1.05 bits per heavy atom. The van der Waals surface area contributed by atoms with Crippen LogP contribution in [0.5, 0.6) is 0 Å². The highest BCUT2D eigenvalue weighted by molar-refractivity contribution is 7.88. The molecule has 1 aliphatic heterocycles. The SMILES string of the molecule is Cc1ncc(C#N)c(Nc2ccc3[nH]ccc3c2C)c1C=Cc1ccc(CS(=O)(=O)N2CCCCC2)cc1. The number of aromatic amines is 1. The molecule has 2 aromatic heterocycles. The predicted molar refractivity (Wildman–Crippen MR) is 153 cm³/mol. The summed E-state index contributed by atoms with van der Waals surface area (Å²) in [6, 6.07) is 15.9. The van der Waals surface area contributed by atoms with E-state index in [4.69, 9.17) is 0 Å². The van der Waals surface area contributed by atoms with Gasteiger partial charge in [0, 0.05) is 53.3 Å². The zero-order valence-electron chi connectivity index (χ0n) is 21.7. The second-order valence-electron chi connectivity index (χ2n) is 9.75. The van der Waals surface area contributed by atoms with Crippen LogP contribution in [0, 0.1) is 25.2 Å². The Bertz CT molecular complexity index is 1640. The molecule has 1 fully saturated rings. The molecule has 194 valence electrons. The highest BCUT2D eigenvalue weighted by atomic mass is 32.2. The minimum absolute atomic E-state index is 0.0170. The van der Waals surface area contributed by atoms with Crippen LogP contribution in [0.2, 0.25) is 0 Å². The first-order valence-corrected chi connectivity index (χ1v) is 14.4. The number of rotatable bonds is 7. The number of nitrogens with zero attached hydrogens (tertiary/aromatic N) is 3. The number of anilines is 2. The van der Waals surface area contributed by atoms with Crippen LogP contribution in [0.3, 0.4) is 0 Å². The van der Waals surface area contributed by atoms with E-state index in [1.165, 1.54) is 0 Å². The van der Waals surface area contributed by atoms with Crippen molar-refractivity contribution in [1.82, 2.24) is 14.3 Å². The molecule has 3 heterocycles. The van der Waals surface area contributed by atoms with Gasteiger partial charge < -0.3 is 10.3 Å². The van der Waals surface area contributed by atoms with Gasteiger partial charge in [-0.05, 0) is 61.6 Å². The fourth-order valence-corrected chi connectivity index (χ4v) is 6.56. The van der Waals surface area contributed by atoms with E-state index >= 15 is 0 Å². The van der Waals surface area contributed by atoms with Crippen molar-refractivity contribution in [3.8, 4) is 6.07 Å². The van der Waals surface area contributed by atoms with Gasteiger partial charge in [-0.25, -0.2) is 12.7 Å². The lowest BCUT2D eigenvalue weighted by Crippen LogP contribution is -2.36. The molecule has 0 bridgehead atoms. The largest absolute Gasteiger partial charge is 0.361 e. The van der Waals surface area contributed by atoms with Crippen molar-refractivity contribution in [2.24, 2.45) is 0 Å². The highest BCUT2D eigenvalue weighted by Crippen LogP contribution is 2.32. The first-order valence-electron chi connectivity index (χ1n) is 12.8. The number of aromatic nitrogens is 2. The van der Waals surface area contributed by atoms with Gasteiger partial charge in [0.25, 0.3) is 0 Å². The van der Waals surface area contributed by atoms with Crippen molar-refractivity contribution in [1.29, 1.82) is 5.26 Å². The molecule has 4 aromatic rings. The van der Waals surface area contributed by atoms with E-state index in [9.17, 15) is 13.7 Å².